The second kappa shape index (κ2) is 10.6. The first-order chi connectivity index (χ1) is 15.2. The summed E-state index contributed by atoms with van der Waals surface area (Å²) < 4.78 is 5.39. The van der Waals surface area contributed by atoms with Gasteiger partial charge < -0.3 is 10.1 Å². The van der Waals surface area contributed by atoms with Crippen LogP contribution in [0.25, 0.3) is 11.4 Å². The lowest BCUT2D eigenvalue weighted by molar-refractivity contribution is -0.113. The number of hydrogen-bond donors (Lipinski definition) is 2. The molecule has 4 rings (SSSR count). The highest BCUT2D eigenvalue weighted by atomic mass is 32.2. The van der Waals surface area contributed by atoms with Gasteiger partial charge >= 0.3 is 0 Å². The summed E-state index contributed by atoms with van der Waals surface area (Å²) >= 11 is 1.31. The molecule has 1 amide bonds. The van der Waals surface area contributed by atoms with E-state index >= 15 is 0 Å². The summed E-state index contributed by atoms with van der Waals surface area (Å²) in [5.74, 6) is 0.882. The fourth-order valence-corrected chi connectivity index (χ4v) is 3.97. The van der Waals surface area contributed by atoms with E-state index in [0.29, 0.717) is 11.0 Å². The average Bonchev–Trinajstić information content (AvgIpc) is 3.29. The maximum atomic E-state index is 12.3. The molecule has 2 heterocycles. The number of aromatic nitrogens is 3. The highest BCUT2D eigenvalue weighted by molar-refractivity contribution is 7.99. The molecule has 31 heavy (non-hydrogen) atoms. The molecule has 1 aliphatic heterocycles. The number of morpholine rings is 1. The third kappa shape index (κ3) is 6.16. The van der Waals surface area contributed by atoms with E-state index in [-0.39, 0.29) is 11.7 Å². The van der Waals surface area contributed by atoms with Crippen LogP contribution < -0.4 is 5.32 Å². The van der Waals surface area contributed by atoms with Gasteiger partial charge in [-0.25, -0.2) is 4.98 Å². The Bertz CT molecular complexity index is 982. The number of carbonyl (C=O) groups is 1. The summed E-state index contributed by atoms with van der Waals surface area (Å²) in [6.45, 7) is 6.54. The fourth-order valence-electron chi connectivity index (χ4n) is 3.38. The highest BCUT2D eigenvalue weighted by Crippen LogP contribution is 2.20. The number of anilines is 1. The van der Waals surface area contributed by atoms with Gasteiger partial charge in [0.25, 0.3) is 0 Å². The van der Waals surface area contributed by atoms with Crippen LogP contribution in [0, 0.1) is 0 Å². The zero-order chi connectivity index (χ0) is 21.5. The first-order valence-corrected chi connectivity index (χ1v) is 11.5. The predicted molar refractivity (Wildman–Crippen MR) is 123 cm³/mol. The van der Waals surface area contributed by atoms with Gasteiger partial charge in [0.1, 0.15) is 0 Å². The van der Waals surface area contributed by atoms with Crippen LogP contribution in [0.2, 0.25) is 0 Å². The van der Waals surface area contributed by atoms with E-state index < -0.39 is 0 Å². The molecule has 3 aromatic rings. The van der Waals surface area contributed by atoms with Crippen molar-refractivity contribution in [1.82, 2.24) is 20.1 Å². The molecule has 1 aromatic heterocycles. The summed E-state index contributed by atoms with van der Waals surface area (Å²) in [5.41, 5.74) is 4.29. The van der Waals surface area contributed by atoms with Crippen molar-refractivity contribution in [2.24, 2.45) is 0 Å². The number of aryl methyl sites for hydroxylation is 1. The van der Waals surface area contributed by atoms with E-state index in [2.05, 4.69) is 56.6 Å². The molecule has 0 aliphatic carbocycles. The van der Waals surface area contributed by atoms with Gasteiger partial charge in [0.05, 0.1) is 19.0 Å². The Labute approximate surface area is 186 Å². The van der Waals surface area contributed by atoms with E-state index in [9.17, 15) is 4.79 Å². The molecule has 2 aromatic carbocycles. The number of nitrogens with zero attached hydrogens (tertiary/aromatic N) is 3. The number of rotatable bonds is 8. The Morgan fingerprint density at radius 2 is 1.81 bits per heavy atom. The van der Waals surface area contributed by atoms with Crippen LogP contribution in [0.1, 0.15) is 18.1 Å². The van der Waals surface area contributed by atoms with E-state index in [1.807, 2.05) is 24.3 Å². The molecular formula is C23H27N5O2S. The summed E-state index contributed by atoms with van der Waals surface area (Å²) in [4.78, 5) is 19.2. The third-order valence-corrected chi connectivity index (χ3v) is 6.03. The van der Waals surface area contributed by atoms with Crippen LogP contribution in [0.15, 0.2) is 53.7 Å². The van der Waals surface area contributed by atoms with Crippen LogP contribution in [0.3, 0.4) is 0 Å². The van der Waals surface area contributed by atoms with E-state index in [4.69, 9.17) is 4.74 Å². The molecule has 0 saturated carbocycles. The van der Waals surface area contributed by atoms with Crippen molar-refractivity contribution in [2.75, 3.05) is 37.4 Å². The van der Waals surface area contributed by atoms with Crippen molar-refractivity contribution in [1.29, 1.82) is 0 Å². The molecule has 0 unspecified atom stereocenters. The van der Waals surface area contributed by atoms with Crippen molar-refractivity contribution in [3.63, 3.8) is 0 Å². The number of H-pyrrole nitrogens is 1. The Kier molecular flexibility index (Phi) is 7.35. The molecule has 2 N–H and O–H groups in total. The van der Waals surface area contributed by atoms with E-state index in [1.165, 1.54) is 22.9 Å². The predicted octanol–water partition coefficient (Wildman–Crippen LogP) is 3.60. The topological polar surface area (TPSA) is 83.1 Å². The number of carbonyl (C=O) groups excluding carboxylic acids is 1. The second-order valence-electron chi connectivity index (χ2n) is 7.44. The van der Waals surface area contributed by atoms with Crippen molar-refractivity contribution in [3.8, 4) is 11.4 Å². The molecular weight excluding hydrogens is 410 g/mol. The van der Waals surface area contributed by atoms with Gasteiger partial charge in [0.15, 0.2) is 5.82 Å². The van der Waals surface area contributed by atoms with Crippen molar-refractivity contribution in [2.45, 2.75) is 25.0 Å². The van der Waals surface area contributed by atoms with Crippen molar-refractivity contribution >= 4 is 23.4 Å². The van der Waals surface area contributed by atoms with Crippen LogP contribution >= 0.6 is 11.8 Å². The Hall–Kier alpha value is -2.68. The fraction of sp³-hybridized carbons (Fsp3) is 0.348. The van der Waals surface area contributed by atoms with Gasteiger partial charge in [-0.15, -0.1) is 5.10 Å². The van der Waals surface area contributed by atoms with Gasteiger partial charge in [-0.2, -0.15) is 0 Å². The van der Waals surface area contributed by atoms with Crippen molar-refractivity contribution < 1.29 is 9.53 Å². The number of hydrogen-bond acceptors (Lipinski definition) is 6. The summed E-state index contributed by atoms with van der Waals surface area (Å²) in [6, 6.07) is 16.3. The zero-order valence-corrected chi connectivity index (χ0v) is 18.5. The van der Waals surface area contributed by atoms with E-state index in [0.717, 1.165) is 50.5 Å². The average molecular weight is 438 g/mol. The van der Waals surface area contributed by atoms with Crippen LogP contribution in [0.4, 0.5) is 5.69 Å². The minimum absolute atomic E-state index is 0.0791. The number of ether oxygens (including phenoxy) is 1. The summed E-state index contributed by atoms with van der Waals surface area (Å²) in [5, 5.41) is 10.7. The number of amides is 1. The van der Waals surface area contributed by atoms with E-state index in [1.54, 1.807) is 0 Å². The Morgan fingerprint density at radius 1 is 1.10 bits per heavy atom. The minimum atomic E-state index is -0.0791. The van der Waals surface area contributed by atoms with Gasteiger partial charge in [0.2, 0.25) is 11.1 Å². The Morgan fingerprint density at radius 3 is 2.52 bits per heavy atom. The highest BCUT2D eigenvalue weighted by Gasteiger charge is 2.12. The first kappa shape index (κ1) is 21.5. The molecule has 0 atom stereocenters. The summed E-state index contributed by atoms with van der Waals surface area (Å²) in [6.07, 6.45) is 1.00. The van der Waals surface area contributed by atoms with Crippen LogP contribution in [0.5, 0.6) is 0 Å². The third-order valence-electron chi connectivity index (χ3n) is 5.18. The molecule has 1 aliphatic rings. The zero-order valence-electron chi connectivity index (χ0n) is 17.6. The monoisotopic (exact) mass is 437 g/mol. The summed E-state index contributed by atoms with van der Waals surface area (Å²) in [7, 11) is 0. The van der Waals surface area contributed by atoms with Gasteiger partial charge in [-0.3, -0.25) is 14.8 Å². The number of aromatic amines is 1. The smallest absolute Gasteiger partial charge is 0.234 e. The standard InChI is InChI=1S/C23H27N5O2S/c1-2-17-3-7-19(8-4-17)22-25-23(27-26-22)31-16-21(29)24-20-9-5-18(6-10-20)15-28-11-13-30-14-12-28/h3-10H,2,11-16H2,1H3,(H,24,29)(H,25,26,27). The first-order valence-electron chi connectivity index (χ1n) is 10.5. The molecule has 0 bridgehead atoms. The maximum Gasteiger partial charge on any atom is 0.234 e. The molecule has 1 saturated heterocycles. The number of thioether (sulfide) groups is 1. The Balaban J connectivity index is 1.25. The van der Waals surface area contributed by atoms with Crippen molar-refractivity contribution in [3.05, 3.63) is 59.7 Å². The normalized spacial score (nSPS) is 14.5. The lowest BCUT2D eigenvalue weighted by atomic mass is 10.1. The SMILES string of the molecule is CCc1ccc(-c2nc(SCC(=O)Nc3ccc(CN4CCOCC4)cc3)n[nH]2)cc1. The van der Waals surface area contributed by atoms with Gasteiger partial charge in [-0.05, 0) is 29.7 Å². The number of nitrogens with one attached hydrogen (secondary N) is 2. The molecule has 0 spiro atoms. The van der Waals surface area contributed by atoms with Crippen LogP contribution in [-0.2, 0) is 22.5 Å². The molecule has 162 valence electrons. The van der Waals surface area contributed by atoms with Gasteiger partial charge in [-0.1, -0.05) is 55.1 Å². The largest absolute Gasteiger partial charge is 0.379 e. The molecule has 0 radical (unpaired) electrons. The maximum absolute atomic E-state index is 12.3. The molecule has 8 heteroatoms. The quantitative estimate of drug-likeness (QED) is 0.524. The molecule has 7 nitrogen and oxygen atoms in total. The van der Waals surface area contributed by atoms with Crippen LogP contribution in [-0.4, -0.2) is 58.0 Å². The minimum Gasteiger partial charge on any atom is -0.379 e. The molecule has 1 fully saturated rings. The van der Waals surface area contributed by atoms with Gasteiger partial charge in [0, 0.05) is 30.9 Å². The second-order valence-corrected chi connectivity index (χ2v) is 8.38. The number of benzene rings is 2. The lowest BCUT2D eigenvalue weighted by Gasteiger charge is -2.26. The lowest BCUT2D eigenvalue weighted by Crippen LogP contribution is -2.35.